The Morgan fingerprint density at radius 1 is 1.20 bits per heavy atom. The van der Waals surface area contributed by atoms with Gasteiger partial charge in [-0.3, -0.25) is 14.4 Å². The predicted octanol–water partition coefficient (Wildman–Crippen LogP) is -0.531. The first-order valence-electron chi connectivity index (χ1n) is 6.15. The van der Waals surface area contributed by atoms with E-state index >= 15 is 0 Å². The van der Waals surface area contributed by atoms with Crippen molar-refractivity contribution in [3.05, 3.63) is 0 Å². The molecule has 0 spiro atoms. The van der Waals surface area contributed by atoms with Gasteiger partial charge in [0.1, 0.15) is 12.1 Å². The van der Waals surface area contributed by atoms with Crippen LogP contribution in [0, 0.1) is 5.41 Å². The number of rotatable bonds is 9. The quantitative estimate of drug-likeness (QED) is 0.422. The summed E-state index contributed by atoms with van der Waals surface area (Å²) in [5.41, 5.74) is 0. The van der Waals surface area contributed by atoms with Crippen LogP contribution in [0.1, 0.15) is 33.1 Å². The summed E-state index contributed by atoms with van der Waals surface area (Å²) < 4.78 is 0. The van der Waals surface area contributed by atoms with Gasteiger partial charge in [-0.05, 0) is 12.8 Å². The van der Waals surface area contributed by atoms with E-state index in [0.717, 1.165) is 0 Å². The predicted molar refractivity (Wildman–Crippen MR) is 70.5 cm³/mol. The maximum absolute atomic E-state index is 11.8. The van der Waals surface area contributed by atoms with Crippen molar-refractivity contribution >= 4 is 29.8 Å². The van der Waals surface area contributed by atoms with Crippen molar-refractivity contribution in [2.45, 2.75) is 45.2 Å². The van der Waals surface area contributed by atoms with Crippen LogP contribution in [0.5, 0.6) is 0 Å². The number of nitrogens with one attached hydrogen (secondary N) is 3. The van der Waals surface area contributed by atoms with Gasteiger partial charge in [0.2, 0.25) is 11.8 Å². The van der Waals surface area contributed by atoms with Gasteiger partial charge < -0.3 is 21.1 Å². The van der Waals surface area contributed by atoms with Gasteiger partial charge in [0.05, 0.1) is 6.21 Å². The van der Waals surface area contributed by atoms with Crippen molar-refractivity contribution in [2.24, 2.45) is 0 Å². The number of ketones is 1. The van der Waals surface area contributed by atoms with Crippen LogP contribution in [0.2, 0.25) is 0 Å². The van der Waals surface area contributed by atoms with Crippen LogP contribution < -0.4 is 10.6 Å². The van der Waals surface area contributed by atoms with Crippen molar-refractivity contribution in [1.82, 2.24) is 10.6 Å². The Kier molecular flexibility index (Phi) is 7.80. The lowest BCUT2D eigenvalue weighted by atomic mass is 10.1. The summed E-state index contributed by atoms with van der Waals surface area (Å²) in [5, 5.41) is 20.4. The third-order valence-electron chi connectivity index (χ3n) is 2.56. The molecule has 112 valence electrons. The van der Waals surface area contributed by atoms with Crippen molar-refractivity contribution in [3.63, 3.8) is 0 Å². The maximum atomic E-state index is 11.8. The third kappa shape index (κ3) is 6.62. The largest absolute Gasteiger partial charge is 0.480 e. The second-order valence-corrected chi connectivity index (χ2v) is 4.21. The second kappa shape index (κ2) is 8.78. The number of Topliss-reactive ketones (excluding diaryl/α,β-unsaturated/α-hetero) is 1. The van der Waals surface area contributed by atoms with Gasteiger partial charge in [-0.25, -0.2) is 4.79 Å². The highest BCUT2D eigenvalue weighted by Crippen LogP contribution is 2.01. The van der Waals surface area contributed by atoms with E-state index in [1.165, 1.54) is 6.92 Å². The van der Waals surface area contributed by atoms with Crippen molar-refractivity contribution in [3.8, 4) is 0 Å². The average molecular weight is 285 g/mol. The molecule has 0 rings (SSSR count). The van der Waals surface area contributed by atoms with Crippen molar-refractivity contribution in [2.75, 3.05) is 0 Å². The first-order valence-corrected chi connectivity index (χ1v) is 6.15. The second-order valence-electron chi connectivity index (χ2n) is 4.21. The molecule has 0 aromatic rings. The topological polar surface area (TPSA) is 136 Å². The van der Waals surface area contributed by atoms with E-state index < -0.39 is 35.7 Å². The molecule has 8 nitrogen and oxygen atoms in total. The highest BCUT2D eigenvalue weighted by molar-refractivity contribution is 6.26. The standard InChI is InChI=1S/C12H19N3O5/c1-3-9(14-7(2)16)11(18)15-10(12(19)20)5-4-8(17)6-13/h6,9-10,13H,3-5H2,1-2H3,(H,14,16)(H,15,18)(H,19,20)/t9-,10-/m0/s1. The maximum Gasteiger partial charge on any atom is 0.326 e. The number of carboxylic acid groups (broad SMARTS) is 1. The van der Waals surface area contributed by atoms with E-state index in [1.54, 1.807) is 6.92 Å². The lowest BCUT2D eigenvalue weighted by molar-refractivity contribution is -0.142. The molecule has 0 aliphatic rings. The number of hydrogen-bond acceptors (Lipinski definition) is 5. The zero-order valence-corrected chi connectivity index (χ0v) is 11.4. The Hall–Kier alpha value is -2.25. The average Bonchev–Trinajstić information content (AvgIpc) is 2.39. The molecule has 2 amide bonds. The smallest absolute Gasteiger partial charge is 0.326 e. The monoisotopic (exact) mass is 285 g/mol. The summed E-state index contributed by atoms with van der Waals surface area (Å²) in [6.45, 7) is 2.93. The van der Waals surface area contributed by atoms with Crippen molar-refractivity contribution < 1.29 is 24.3 Å². The summed E-state index contributed by atoms with van der Waals surface area (Å²) in [4.78, 5) is 44.7. The molecule has 0 aliphatic carbocycles. The Balaban J connectivity index is 4.60. The van der Waals surface area contributed by atoms with Gasteiger partial charge in [0.25, 0.3) is 0 Å². The normalized spacial score (nSPS) is 12.9. The Morgan fingerprint density at radius 2 is 1.80 bits per heavy atom. The number of carboxylic acids is 1. The Labute approximate surface area is 116 Å². The molecule has 0 fully saturated rings. The van der Waals surface area contributed by atoms with Crippen LogP contribution in [-0.2, 0) is 19.2 Å². The van der Waals surface area contributed by atoms with E-state index in [4.69, 9.17) is 10.5 Å². The number of carbonyl (C=O) groups excluding carboxylic acids is 3. The molecule has 0 aromatic carbocycles. The number of carbonyl (C=O) groups is 4. The highest BCUT2D eigenvalue weighted by Gasteiger charge is 2.25. The number of hydrogen-bond donors (Lipinski definition) is 4. The van der Waals surface area contributed by atoms with Crippen LogP contribution in [0.4, 0.5) is 0 Å². The lowest BCUT2D eigenvalue weighted by Gasteiger charge is -2.19. The first kappa shape index (κ1) is 17.8. The zero-order chi connectivity index (χ0) is 15.7. The van der Waals surface area contributed by atoms with Crippen LogP contribution in [0.25, 0.3) is 0 Å². The SMILES string of the molecule is CC[C@H](NC(C)=O)C(=O)N[C@@H](CCC(=O)C=N)C(=O)O. The molecule has 20 heavy (non-hydrogen) atoms. The fourth-order valence-electron chi connectivity index (χ4n) is 1.49. The zero-order valence-electron chi connectivity index (χ0n) is 11.4. The van der Waals surface area contributed by atoms with Gasteiger partial charge >= 0.3 is 5.97 Å². The van der Waals surface area contributed by atoms with E-state index in [0.29, 0.717) is 12.6 Å². The minimum atomic E-state index is -1.27. The Bertz CT molecular complexity index is 408. The molecule has 0 unspecified atom stereocenters. The van der Waals surface area contributed by atoms with E-state index in [-0.39, 0.29) is 12.8 Å². The van der Waals surface area contributed by atoms with Gasteiger partial charge in [-0.1, -0.05) is 6.92 Å². The molecule has 0 bridgehead atoms. The van der Waals surface area contributed by atoms with Gasteiger partial charge in [-0.2, -0.15) is 0 Å². The molecule has 0 aromatic heterocycles. The van der Waals surface area contributed by atoms with E-state index in [2.05, 4.69) is 10.6 Å². The third-order valence-corrected chi connectivity index (χ3v) is 2.56. The summed E-state index contributed by atoms with van der Waals surface area (Å²) in [7, 11) is 0. The summed E-state index contributed by atoms with van der Waals surface area (Å²) in [6.07, 6.45) is 0.674. The van der Waals surface area contributed by atoms with Crippen LogP contribution in [0.3, 0.4) is 0 Å². The highest BCUT2D eigenvalue weighted by atomic mass is 16.4. The van der Waals surface area contributed by atoms with Crippen LogP contribution in [-0.4, -0.2) is 47.0 Å². The number of amides is 2. The molecular weight excluding hydrogens is 266 g/mol. The Morgan fingerprint density at radius 3 is 2.20 bits per heavy atom. The molecular formula is C12H19N3O5. The first-order chi connectivity index (χ1) is 9.31. The summed E-state index contributed by atoms with van der Waals surface area (Å²) in [5.74, 6) is -2.79. The molecule has 0 radical (unpaired) electrons. The number of aliphatic carboxylic acids is 1. The van der Waals surface area contributed by atoms with E-state index in [9.17, 15) is 19.2 Å². The molecule has 0 heterocycles. The van der Waals surface area contributed by atoms with Crippen LogP contribution >= 0.6 is 0 Å². The van der Waals surface area contributed by atoms with Crippen LogP contribution in [0.15, 0.2) is 0 Å². The van der Waals surface area contributed by atoms with Gasteiger partial charge in [0.15, 0.2) is 5.78 Å². The molecule has 2 atom stereocenters. The minimum absolute atomic E-state index is 0.105. The summed E-state index contributed by atoms with van der Waals surface area (Å²) >= 11 is 0. The minimum Gasteiger partial charge on any atom is -0.480 e. The lowest BCUT2D eigenvalue weighted by Crippen LogP contribution is -2.51. The molecule has 0 aliphatic heterocycles. The molecule has 4 N–H and O–H groups in total. The fourth-order valence-corrected chi connectivity index (χ4v) is 1.49. The van der Waals surface area contributed by atoms with Crippen molar-refractivity contribution in [1.29, 1.82) is 5.41 Å². The van der Waals surface area contributed by atoms with E-state index in [1.807, 2.05) is 0 Å². The summed E-state index contributed by atoms with van der Waals surface area (Å²) in [6, 6.07) is -2.04. The van der Waals surface area contributed by atoms with Gasteiger partial charge in [0, 0.05) is 13.3 Å². The van der Waals surface area contributed by atoms with Gasteiger partial charge in [-0.15, -0.1) is 0 Å². The molecule has 8 heteroatoms. The fraction of sp³-hybridized carbons (Fsp3) is 0.583. The molecule has 0 saturated carbocycles. The molecule has 0 saturated heterocycles.